The van der Waals surface area contributed by atoms with Crippen LogP contribution in [0.4, 0.5) is 0 Å². The Morgan fingerprint density at radius 2 is 1.79 bits per heavy atom. The van der Waals surface area contributed by atoms with Crippen molar-refractivity contribution in [2.45, 2.75) is 13.2 Å². The molecule has 0 aliphatic carbocycles. The molecule has 0 rings (SSSR count). The van der Waals surface area contributed by atoms with Gasteiger partial charge in [0, 0.05) is 19.8 Å². The summed E-state index contributed by atoms with van der Waals surface area (Å²) < 4.78 is 14.3. The molecule has 0 radical (unpaired) electrons. The number of ether oxygens (including phenoxy) is 3. The van der Waals surface area contributed by atoms with E-state index in [0.717, 1.165) is 0 Å². The molecule has 0 fully saturated rings. The first-order valence-electron chi connectivity index (χ1n) is 4.14. The van der Waals surface area contributed by atoms with E-state index in [9.17, 15) is 4.79 Å². The summed E-state index contributed by atoms with van der Waals surface area (Å²) in [5.74, 6) is -0.346. The summed E-state index contributed by atoms with van der Waals surface area (Å²) in [6, 6.07) is 0. The van der Waals surface area contributed by atoms with Crippen molar-refractivity contribution in [1.29, 1.82) is 0 Å². The lowest BCUT2D eigenvalue weighted by molar-refractivity contribution is -0.136. The van der Waals surface area contributed by atoms with E-state index in [4.69, 9.17) is 9.47 Å². The van der Waals surface area contributed by atoms with Crippen LogP contribution in [0, 0.1) is 0 Å². The zero-order chi connectivity index (χ0) is 11.0. The maximum atomic E-state index is 10.9. The summed E-state index contributed by atoms with van der Waals surface area (Å²) in [6.07, 6.45) is 4.62. The Bertz CT molecular complexity index is 226. The van der Waals surface area contributed by atoms with Crippen molar-refractivity contribution >= 4 is 5.97 Å². The quantitative estimate of drug-likeness (QED) is 0.290. The second kappa shape index (κ2) is 7.29. The van der Waals surface area contributed by atoms with E-state index in [1.165, 1.54) is 21.3 Å². The molecule has 14 heavy (non-hydrogen) atoms. The lowest BCUT2D eigenvalue weighted by atomic mass is 10.3. The molecule has 0 aromatic carbocycles. The molecule has 0 saturated carbocycles. The van der Waals surface area contributed by atoms with Crippen molar-refractivity contribution < 1.29 is 19.0 Å². The molecule has 0 aliphatic rings. The van der Waals surface area contributed by atoms with Crippen molar-refractivity contribution in [2.24, 2.45) is 0 Å². The zero-order valence-electron chi connectivity index (χ0n) is 8.94. The number of esters is 1. The van der Waals surface area contributed by atoms with E-state index >= 15 is 0 Å². The van der Waals surface area contributed by atoms with Crippen LogP contribution in [0.3, 0.4) is 0 Å². The Balaban J connectivity index is 4.19. The summed E-state index contributed by atoms with van der Waals surface area (Å²) in [6.45, 7) is 1.67. The lowest BCUT2D eigenvalue weighted by Crippen LogP contribution is -2.08. The van der Waals surface area contributed by atoms with Gasteiger partial charge in [-0.05, 0) is 13.0 Å². The minimum atomic E-state index is -0.392. The molecule has 0 bridgehead atoms. The highest BCUT2D eigenvalue weighted by Gasteiger charge is 2.00. The lowest BCUT2D eigenvalue weighted by Gasteiger charge is -2.06. The predicted octanol–water partition coefficient (Wildman–Crippen LogP) is 1.28. The third-order valence-corrected chi connectivity index (χ3v) is 1.59. The molecule has 80 valence electrons. The number of hydrogen-bond donors (Lipinski definition) is 0. The molecule has 4 nitrogen and oxygen atoms in total. The van der Waals surface area contributed by atoms with Gasteiger partial charge in [-0.15, -0.1) is 0 Å². The van der Waals surface area contributed by atoms with E-state index in [2.05, 4.69) is 4.74 Å². The van der Waals surface area contributed by atoms with Gasteiger partial charge >= 0.3 is 5.97 Å². The zero-order valence-corrected chi connectivity index (χ0v) is 8.94. The minimum absolute atomic E-state index is 0.346. The van der Waals surface area contributed by atoms with Crippen molar-refractivity contribution in [1.82, 2.24) is 0 Å². The van der Waals surface area contributed by atoms with Gasteiger partial charge in [0.1, 0.15) is 0 Å². The molecular weight excluding hydrogens is 184 g/mol. The number of carbonyl (C=O) groups is 1. The fourth-order valence-electron chi connectivity index (χ4n) is 0.773. The summed E-state index contributed by atoms with van der Waals surface area (Å²) in [7, 11) is 4.42. The Labute approximate surface area is 84.1 Å². The average molecular weight is 200 g/mol. The van der Waals surface area contributed by atoms with E-state index in [0.29, 0.717) is 5.57 Å². The number of hydrogen-bond acceptors (Lipinski definition) is 4. The molecule has 0 heterocycles. The maximum absolute atomic E-state index is 10.9. The van der Waals surface area contributed by atoms with Crippen LogP contribution in [0.15, 0.2) is 23.8 Å². The second-order valence-corrected chi connectivity index (χ2v) is 2.57. The van der Waals surface area contributed by atoms with Gasteiger partial charge in [0.15, 0.2) is 6.29 Å². The van der Waals surface area contributed by atoms with E-state index in [1.54, 1.807) is 25.2 Å². The SMILES string of the molecule is COC(=O)/C(C)=C/C=C/C(OC)OC. The first kappa shape index (κ1) is 12.9. The van der Waals surface area contributed by atoms with Crippen LogP contribution >= 0.6 is 0 Å². The molecule has 0 aliphatic heterocycles. The summed E-state index contributed by atoms with van der Waals surface area (Å²) in [5.41, 5.74) is 0.523. The number of allylic oxidation sites excluding steroid dienone is 2. The Kier molecular flexibility index (Phi) is 6.70. The van der Waals surface area contributed by atoms with Gasteiger partial charge in [-0.25, -0.2) is 4.79 Å². The predicted molar refractivity (Wildman–Crippen MR) is 52.7 cm³/mol. The van der Waals surface area contributed by atoms with Crippen LogP contribution in [0.2, 0.25) is 0 Å². The Morgan fingerprint density at radius 1 is 1.21 bits per heavy atom. The molecular formula is C10H16O4. The summed E-state index contributed by atoms with van der Waals surface area (Å²) in [5, 5.41) is 0. The first-order valence-corrected chi connectivity index (χ1v) is 4.14. The molecule has 0 saturated heterocycles. The molecule has 0 aromatic rings. The summed E-state index contributed by atoms with van der Waals surface area (Å²) >= 11 is 0. The van der Waals surface area contributed by atoms with Gasteiger partial charge in [-0.2, -0.15) is 0 Å². The van der Waals surface area contributed by atoms with Gasteiger partial charge in [0.05, 0.1) is 7.11 Å². The van der Waals surface area contributed by atoms with Gasteiger partial charge in [-0.1, -0.05) is 12.2 Å². The summed E-state index contributed by atoms with van der Waals surface area (Å²) in [4.78, 5) is 10.9. The van der Waals surface area contributed by atoms with Gasteiger partial charge in [0.2, 0.25) is 0 Å². The highest BCUT2D eigenvalue weighted by molar-refractivity contribution is 5.87. The third-order valence-electron chi connectivity index (χ3n) is 1.59. The third kappa shape index (κ3) is 4.79. The monoisotopic (exact) mass is 200 g/mol. The van der Waals surface area contributed by atoms with Crippen LogP contribution in [0.1, 0.15) is 6.92 Å². The standard InChI is InChI=1S/C10H16O4/c1-8(10(11)14-4)6-5-7-9(12-2)13-3/h5-7,9H,1-4H3/b7-5+,8-6+. The van der Waals surface area contributed by atoms with Crippen LogP contribution in [0.5, 0.6) is 0 Å². The number of methoxy groups -OCH3 is 3. The van der Waals surface area contributed by atoms with Gasteiger partial charge in [-0.3, -0.25) is 0 Å². The highest BCUT2D eigenvalue weighted by Crippen LogP contribution is 1.98. The molecule has 0 unspecified atom stereocenters. The van der Waals surface area contributed by atoms with Gasteiger partial charge < -0.3 is 14.2 Å². The minimum Gasteiger partial charge on any atom is -0.466 e. The molecule has 0 aromatic heterocycles. The first-order chi connectivity index (χ1) is 6.65. The van der Waals surface area contributed by atoms with Crippen molar-refractivity contribution in [2.75, 3.05) is 21.3 Å². The fraction of sp³-hybridized carbons (Fsp3) is 0.500. The molecule has 0 amide bonds. The smallest absolute Gasteiger partial charge is 0.333 e. The topological polar surface area (TPSA) is 44.8 Å². The molecule has 0 N–H and O–H groups in total. The van der Waals surface area contributed by atoms with Crippen molar-refractivity contribution in [3.8, 4) is 0 Å². The number of rotatable bonds is 5. The van der Waals surface area contributed by atoms with Crippen molar-refractivity contribution in [3.05, 3.63) is 23.8 Å². The van der Waals surface area contributed by atoms with Crippen LogP contribution < -0.4 is 0 Å². The van der Waals surface area contributed by atoms with E-state index in [1.807, 2.05) is 0 Å². The van der Waals surface area contributed by atoms with E-state index in [-0.39, 0.29) is 5.97 Å². The second-order valence-electron chi connectivity index (χ2n) is 2.57. The van der Waals surface area contributed by atoms with Crippen LogP contribution in [-0.4, -0.2) is 33.6 Å². The average Bonchev–Trinajstić information content (AvgIpc) is 2.22. The highest BCUT2D eigenvalue weighted by atomic mass is 16.7. The van der Waals surface area contributed by atoms with Crippen LogP contribution in [0.25, 0.3) is 0 Å². The molecule has 4 heteroatoms. The van der Waals surface area contributed by atoms with Crippen molar-refractivity contribution in [3.63, 3.8) is 0 Å². The number of carbonyl (C=O) groups excluding carboxylic acids is 1. The fourth-order valence-corrected chi connectivity index (χ4v) is 0.773. The van der Waals surface area contributed by atoms with Gasteiger partial charge in [0.25, 0.3) is 0 Å². The molecule has 0 atom stereocenters. The van der Waals surface area contributed by atoms with Crippen LogP contribution in [-0.2, 0) is 19.0 Å². The largest absolute Gasteiger partial charge is 0.466 e. The molecule has 0 spiro atoms. The maximum Gasteiger partial charge on any atom is 0.333 e. The Morgan fingerprint density at radius 3 is 2.21 bits per heavy atom. The Hall–Kier alpha value is -1.13. The van der Waals surface area contributed by atoms with E-state index < -0.39 is 6.29 Å². The normalized spacial score (nSPS) is 12.5.